The topological polar surface area (TPSA) is 83.0 Å². The number of halogens is 1. The summed E-state index contributed by atoms with van der Waals surface area (Å²) in [6.45, 7) is 0. The number of nitrogens with one attached hydrogen (secondary N) is 1. The van der Waals surface area contributed by atoms with Crippen LogP contribution in [0.25, 0.3) is 17.3 Å². The van der Waals surface area contributed by atoms with Gasteiger partial charge in [-0.1, -0.05) is 0 Å². The number of carboxylic acids is 1. The van der Waals surface area contributed by atoms with Crippen LogP contribution in [0.1, 0.15) is 5.56 Å². The molecule has 1 heterocycles. The highest BCUT2D eigenvalue weighted by molar-refractivity contribution is 5.85. The highest BCUT2D eigenvalue weighted by atomic mass is 19.1. The van der Waals surface area contributed by atoms with Crippen molar-refractivity contribution in [2.75, 3.05) is 0 Å². The van der Waals surface area contributed by atoms with E-state index in [2.05, 4.69) is 10.2 Å². The molecule has 2 rings (SSSR count). The van der Waals surface area contributed by atoms with Gasteiger partial charge in [0.25, 0.3) is 5.56 Å². The Balaban J connectivity index is 2.43. The molecular weight excluding hydrogens is 251 g/mol. The number of H-pyrrole nitrogens is 1. The van der Waals surface area contributed by atoms with E-state index < -0.39 is 11.5 Å². The van der Waals surface area contributed by atoms with Crippen LogP contribution in [0.2, 0.25) is 0 Å². The van der Waals surface area contributed by atoms with Crippen LogP contribution in [0.15, 0.2) is 41.2 Å². The molecule has 6 heteroatoms. The molecule has 2 aromatic rings. The molecule has 0 unspecified atom stereocenters. The van der Waals surface area contributed by atoms with Crippen molar-refractivity contribution in [3.63, 3.8) is 0 Å². The van der Waals surface area contributed by atoms with Crippen LogP contribution in [0.4, 0.5) is 4.39 Å². The zero-order valence-electron chi connectivity index (χ0n) is 9.63. The molecule has 1 aromatic heterocycles. The molecule has 19 heavy (non-hydrogen) atoms. The zero-order valence-corrected chi connectivity index (χ0v) is 9.63. The van der Waals surface area contributed by atoms with Gasteiger partial charge in [0.15, 0.2) is 0 Å². The second-order valence-corrected chi connectivity index (χ2v) is 3.72. The van der Waals surface area contributed by atoms with Gasteiger partial charge in [-0.25, -0.2) is 14.3 Å². The molecule has 0 aliphatic rings. The molecule has 5 nitrogen and oxygen atoms in total. The van der Waals surface area contributed by atoms with E-state index in [1.54, 1.807) is 0 Å². The Bertz CT molecular complexity index is 690. The van der Waals surface area contributed by atoms with Crippen LogP contribution in [0.3, 0.4) is 0 Å². The first kappa shape index (κ1) is 12.7. The van der Waals surface area contributed by atoms with Crippen LogP contribution in [-0.2, 0) is 4.79 Å². The number of aromatic amines is 1. The van der Waals surface area contributed by atoms with E-state index in [0.29, 0.717) is 11.3 Å². The lowest BCUT2D eigenvalue weighted by molar-refractivity contribution is -0.131. The van der Waals surface area contributed by atoms with E-state index in [1.807, 2.05) is 0 Å². The van der Waals surface area contributed by atoms with Crippen molar-refractivity contribution in [3.05, 3.63) is 58.1 Å². The highest BCUT2D eigenvalue weighted by Gasteiger charge is 2.04. The highest BCUT2D eigenvalue weighted by Crippen LogP contribution is 2.16. The monoisotopic (exact) mass is 260 g/mol. The van der Waals surface area contributed by atoms with Crippen molar-refractivity contribution in [2.24, 2.45) is 0 Å². The maximum Gasteiger partial charge on any atom is 0.328 e. The lowest BCUT2D eigenvalue weighted by atomic mass is 10.1. The number of aromatic nitrogens is 2. The number of carboxylic acid groups (broad SMARTS) is 1. The minimum absolute atomic E-state index is 0.164. The summed E-state index contributed by atoms with van der Waals surface area (Å²) in [6.07, 6.45) is 2.04. The van der Waals surface area contributed by atoms with Gasteiger partial charge in [-0.15, -0.1) is 0 Å². The Morgan fingerprint density at radius 1 is 1.32 bits per heavy atom. The number of aliphatic carboxylic acids is 1. The van der Waals surface area contributed by atoms with Crippen molar-refractivity contribution >= 4 is 12.0 Å². The molecule has 0 bridgehead atoms. The smallest absolute Gasteiger partial charge is 0.328 e. The molecule has 0 fully saturated rings. The van der Waals surface area contributed by atoms with E-state index in [-0.39, 0.29) is 11.4 Å². The average Bonchev–Trinajstić information content (AvgIpc) is 2.39. The summed E-state index contributed by atoms with van der Waals surface area (Å²) >= 11 is 0. The second-order valence-electron chi connectivity index (χ2n) is 3.72. The first-order valence-electron chi connectivity index (χ1n) is 5.33. The Labute approximate surface area is 107 Å². The molecule has 0 amide bonds. The average molecular weight is 260 g/mol. The number of rotatable bonds is 3. The van der Waals surface area contributed by atoms with Gasteiger partial charge >= 0.3 is 5.97 Å². The van der Waals surface area contributed by atoms with Crippen molar-refractivity contribution < 1.29 is 14.3 Å². The maximum absolute atomic E-state index is 12.8. The molecule has 1 aromatic carbocycles. The fraction of sp³-hybridized carbons (Fsp3) is 0. The Kier molecular flexibility index (Phi) is 3.51. The summed E-state index contributed by atoms with van der Waals surface area (Å²) in [7, 11) is 0. The van der Waals surface area contributed by atoms with Gasteiger partial charge in [-0.05, 0) is 36.4 Å². The van der Waals surface area contributed by atoms with E-state index in [9.17, 15) is 14.0 Å². The Hall–Kier alpha value is -2.76. The van der Waals surface area contributed by atoms with Gasteiger partial charge < -0.3 is 5.11 Å². The molecule has 0 saturated heterocycles. The predicted molar refractivity (Wildman–Crippen MR) is 66.9 cm³/mol. The minimum atomic E-state index is -1.15. The number of nitrogens with zero attached hydrogens (tertiary/aromatic N) is 1. The summed E-state index contributed by atoms with van der Waals surface area (Å²) in [5, 5.41) is 14.6. The van der Waals surface area contributed by atoms with Crippen molar-refractivity contribution in [2.45, 2.75) is 0 Å². The van der Waals surface area contributed by atoms with Gasteiger partial charge in [0.2, 0.25) is 0 Å². The van der Waals surface area contributed by atoms with E-state index >= 15 is 0 Å². The molecule has 0 atom stereocenters. The summed E-state index contributed by atoms with van der Waals surface area (Å²) in [4.78, 5) is 21.9. The second kappa shape index (κ2) is 5.26. The predicted octanol–water partition coefficient (Wildman–Crippen LogP) is 1.67. The van der Waals surface area contributed by atoms with Gasteiger partial charge in [0, 0.05) is 17.2 Å². The fourth-order valence-corrected chi connectivity index (χ4v) is 1.47. The van der Waals surface area contributed by atoms with Crippen LogP contribution < -0.4 is 5.56 Å². The molecular formula is C13H9FN2O3. The summed E-state index contributed by atoms with van der Waals surface area (Å²) in [5.41, 5.74) is 0.701. The molecule has 0 aliphatic carbocycles. The van der Waals surface area contributed by atoms with E-state index in [1.165, 1.54) is 36.4 Å². The van der Waals surface area contributed by atoms with Gasteiger partial charge in [-0.2, -0.15) is 5.10 Å². The van der Waals surface area contributed by atoms with Crippen LogP contribution >= 0.6 is 0 Å². The third-order valence-corrected chi connectivity index (χ3v) is 2.38. The lowest BCUT2D eigenvalue weighted by Gasteiger charge is -2.01. The van der Waals surface area contributed by atoms with Crippen molar-refractivity contribution in [1.29, 1.82) is 0 Å². The van der Waals surface area contributed by atoms with Crippen molar-refractivity contribution in [1.82, 2.24) is 10.2 Å². The molecule has 2 N–H and O–H groups in total. The third kappa shape index (κ3) is 3.12. The molecule has 0 spiro atoms. The van der Waals surface area contributed by atoms with E-state index in [4.69, 9.17) is 5.11 Å². The Morgan fingerprint density at radius 2 is 2.00 bits per heavy atom. The number of hydrogen-bond acceptors (Lipinski definition) is 3. The number of benzene rings is 1. The van der Waals surface area contributed by atoms with Crippen LogP contribution in [0.5, 0.6) is 0 Å². The van der Waals surface area contributed by atoms with Gasteiger partial charge in [-0.3, -0.25) is 4.79 Å². The first-order chi connectivity index (χ1) is 9.06. The normalized spacial score (nSPS) is 10.8. The summed E-state index contributed by atoms with van der Waals surface area (Å²) in [6, 6.07) is 7.01. The number of carbonyl (C=O) groups is 1. The minimum Gasteiger partial charge on any atom is -0.478 e. The standard InChI is InChI=1S/C13H9FN2O3/c14-10-4-1-8(2-5-10)11-7-9(3-6-12(17)18)13(19)16-15-11/h1-7H,(H,16,19)(H,17,18)/b6-3+. The third-order valence-electron chi connectivity index (χ3n) is 2.38. The quantitative estimate of drug-likeness (QED) is 0.822. The summed E-state index contributed by atoms with van der Waals surface area (Å²) < 4.78 is 12.8. The molecule has 0 radical (unpaired) electrons. The molecule has 0 aliphatic heterocycles. The summed E-state index contributed by atoms with van der Waals surface area (Å²) in [5.74, 6) is -1.53. The van der Waals surface area contributed by atoms with E-state index in [0.717, 1.165) is 6.08 Å². The zero-order chi connectivity index (χ0) is 13.8. The molecule has 96 valence electrons. The van der Waals surface area contributed by atoms with Crippen LogP contribution in [0, 0.1) is 5.82 Å². The largest absolute Gasteiger partial charge is 0.478 e. The van der Waals surface area contributed by atoms with Gasteiger partial charge in [0.1, 0.15) is 5.82 Å². The Morgan fingerprint density at radius 3 is 2.63 bits per heavy atom. The van der Waals surface area contributed by atoms with Crippen LogP contribution in [-0.4, -0.2) is 21.3 Å². The fourth-order valence-electron chi connectivity index (χ4n) is 1.47. The number of hydrogen-bond donors (Lipinski definition) is 2. The molecule has 0 saturated carbocycles. The maximum atomic E-state index is 12.8. The van der Waals surface area contributed by atoms with Crippen molar-refractivity contribution in [3.8, 4) is 11.3 Å². The lowest BCUT2D eigenvalue weighted by Crippen LogP contribution is -2.11. The van der Waals surface area contributed by atoms with Gasteiger partial charge in [0.05, 0.1) is 5.69 Å². The first-order valence-corrected chi connectivity index (χ1v) is 5.33. The SMILES string of the molecule is O=C(O)/C=C/c1cc(-c2ccc(F)cc2)n[nH]c1=O.